The van der Waals surface area contributed by atoms with Gasteiger partial charge in [0.2, 0.25) is 4.96 Å². The molecular formula is C21H21N5O2S. The lowest BCUT2D eigenvalue weighted by Crippen LogP contribution is -2.20. The van der Waals surface area contributed by atoms with Crippen LogP contribution in [0.25, 0.3) is 15.5 Å². The predicted molar refractivity (Wildman–Crippen MR) is 113 cm³/mol. The molecule has 2 aromatic carbocycles. The van der Waals surface area contributed by atoms with Gasteiger partial charge < -0.3 is 10.1 Å². The Hall–Kier alpha value is -3.26. The molecule has 1 amide bonds. The Morgan fingerprint density at radius 1 is 1.21 bits per heavy atom. The van der Waals surface area contributed by atoms with Crippen molar-refractivity contribution in [3.63, 3.8) is 0 Å². The second kappa shape index (κ2) is 8.00. The van der Waals surface area contributed by atoms with Crippen molar-refractivity contribution >= 4 is 27.9 Å². The molecule has 4 rings (SSSR count). The summed E-state index contributed by atoms with van der Waals surface area (Å²) >= 11 is 1.46. The largest absolute Gasteiger partial charge is 0.483 e. The number of carbonyl (C=O) groups excluding carboxylic acids is 1. The SMILES string of the molecule is Cc1ccc(C(C)C)c(OCC(=O)Nc2ccc(-c3nn4cnnc4s3)cc2)c1. The standard InChI is InChI=1S/C21H21N5O2S/c1-13(2)17-9-4-14(3)10-18(17)28-11-19(27)23-16-7-5-15(6-8-16)20-25-26-12-22-24-21(26)29-20/h4-10,12-13H,11H2,1-3H3,(H,23,27). The van der Waals surface area contributed by atoms with Crippen molar-refractivity contribution in [2.24, 2.45) is 0 Å². The van der Waals surface area contributed by atoms with E-state index in [4.69, 9.17) is 4.74 Å². The molecule has 7 nitrogen and oxygen atoms in total. The number of aryl methyl sites for hydroxylation is 1. The van der Waals surface area contributed by atoms with Crippen LogP contribution in [0.4, 0.5) is 5.69 Å². The van der Waals surface area contributed by atoms with Crippen molar-refractivity contribution in [2.45, 2.75) is 26.7 Å². The van der Waals surface area contributed by atoms with E-state index in [1.165, 1.54) is 11.3 Å². The summed E-state index contributed by atoms with van der Waals surface area (Å²) in [5.74, 6) is 0.882. The van der Waals surface area contributed by atoms with Gasteiger partial charge >= 0.3 is 0 Å². The first-order chi connectivity index (χ1) is 14.0. The summed E-state index contributed by atoms with van der Waals surface area (Å²) in [7, 11) is 0. The van der Waals surface area contributed by atoms with Crippen molar-refractivity contribution in [1.29, 1.82) is 0 Å². The zero-order valence-corrected chi connectivity index (χ0v) is 17.2. The number of ether oxygens (including phenoxy) is 1. The van der Waals surface area contributed by atoms with Crippen molar-refractivity contribution in [3.8, 4) is 16.3 Å². The van der Waals surface area contributed by atoms with Crippen LogP contribution in [0.2, 0.25) is 0 Å². The summed E-state index contributed by atoms with van der Waals surface area (Å²) in [6, 6.07) is 13.6. The molecule has 0 unspecified atom stereocenters. The van der Waals surface area contributed by atoms with E-state index in [0.29, 0.717) is 11.6 Å². The fourth-order valence-corrected chi connectivity index (χ4v) is 3.78. The zero-order valence-electron chi connectivity index (χ0n) is 16.4. The highest BCUT2D eigenvalue weighted by Gasteiger charge is 2.11. The molecule has 0 aliphatic carbocycles. The van der Waals surface area contributed by atoms with E-state index < -0.39 is 0 Å². The van der Waals surface area contributed by atoms with Crippen LogP contribution in [-0.4, -0.2) is 32.3 Å². The summed E-state index contributed by atoms with van der Waals surface area (Å²) in [5, 5.41) is 15.9. The second-order valence-electron chi connectivity index (χ2n) is 7.08. The monoisotopic (exact) mass is 407 g/mol. The molecule has 0 bridgehead atoms. The molecule has 0 fully saturated rings. The molecule has 2 aromatic heterocycles. The quantitative estimate of drug-likeness (QED) is 0.515. The second-order valence-corrected chi connectivity index (χ2v) is 8.03. The third-order valence-corrected chi connectivity index (χ3v) is 5.41. The Bertz CT molecular complexity index is 1120. The molecule has 0 saturated carbocycles. The van der Waals surface area contributed by atoms with Gasteiger partial charge in [-0.05, 0) is 54.3 Å². The normalized spacial score (nSPS) is 11.2. The summed E-state index contributed by atoms with van der Waals surface area (Å²) in [6.07, 6.45) is 1.57. The Morgan fingerprint density at radius 2 is 2.00 bits per heavy atom. The molecule has 0 saturated heterocycles. The first kappa shape index (κ1) is 19.1. The van der Waals surface area contributed by atoms with Crippen LogP contribution in [-0.2, 0) is 4.79 Å². The number of amides is 1. The molecular weight excluding hydrogens is 386 g/mol. The van der Waals surface area contributed by atoms with Crippen LogP contribution in [0.1, 0.15) is 30.9 Å². The summed E-state index contributed by atoms with van der Waals surface area (Å²) in [6.45, 7) is 6.18. The lowest BCUT2D eigenvalue weighted by Gasteiger charge is -2.15. The molecule has 148 valence electrons. The topological polar surface area (TPSA) is 81.4 Å². The molecule has 8 heteroatoms. The number of hydrogen-bond donors (Lipinski definition) is 1. The Balaban J connectivity index is 1.39. The van der Waals surface area contributed by atoms with Crippen LogP contribution in [0.3, 0.4) is 0 Å². The number of fused-ring (bicyclic) bond motifs is 1. The molecule has 2 heterocycles. The number of nitrogens with zero attached hydrogens (tertiary/aromatic N) is 4. The van der Waals surface area contributed by atoms with Gasteiger partial charge in [-0.15, -0.1) is 10.2 Å². The van der Waals surface area contributed by atoms with E-state index in [1.807, 2.05) is 37.3 Å². The number of benzene rings is 2. The fourth-order valence-electron chi connectivity index (χ4n) is 2.96. The molecule has 29 heavy (non-hydrogen) atoms. The number of rotatable bonds is 6. The first-order valence-corrected chi connectivity index (χ1v) is 10.1. The Kier molecular flexibility index (Phi) is 5.26. The van der Waals surface area contributed by atoms with E-state index in [1.54, 1.807) is 10.8 Å². The average Bonchev–Trinajstić information content (AvgIpc) is 3.29. The molecule has 0 aliphatic rings. The Morgan fingerprint density at radius 3 is 2.72 bits per heavy atom. The lowest BCUT2D eigenvalue weighted by molar-refractivity contribution is -0.118. The van der Waals surface area contributed by atoms with Gasteiger partial charge in [0.05, 0.1) is 0 Å². The third-order valence-electron chi connectivity index (χ3n) is 4.45. The maximum absolute atomic E-state index is 12.3. The smallest absolute Gasteiger partial charge is 0.262 e. The van der Waals surface area contributed by atoms with Gasteiger partial charge in [-0.1, -0.05) is 37.3 Å². The van der Waals surface area contributed by atoms with Gasteiger partial charge in [0, 0.05) is 11.3 Å². The zero-order chi connectivity index (χ0) is 20.4. The lowest BCUT2D eigenvalue weighted by atomic mass is 10.0. The number of aromatic nitrogens is 4. The van der Waals surface area contributed by atoms with Gasteiger partial charge in [-0.3, -0.25) is 4.79 Å². The van der Waals surface area contributed by atoms with Crippen molar-refractivity contribution < 1.29 is 9.53 Å². The fraction of sp³-hybridized carbons (Fsp3) is 0.238. The molecule has 1 N–H and O–H groups in total. The molecule has 0 radical (unpaired) electrons. The van der Waals surface area contributed by atoms with Crippen LogP contribution < -0.4 is 10.1 Å². The highest BCUT2D eigenvalue weighted by Crippen LogP contribution is 2.28. The highest BCUT2D eigenvalue weighted by atomic mass is 32.1. The number of hydrogen-bond acceptors (Lipinski definition) is 6. The molecule has 0 atom stereocenters. The van der Waals surface area contributed by atoms with Crippen molar-refractivity contribution in [3.05, 3.63) is 59.9 Å². The van der Waals surface area contributed by atoms with Crippen LogP contribution >= 0.6 is 11.3 Å². The maximum Gasteiger partial charge on any atom is 0.262 e. The maximum atomic E-state index is 12.3. The predicted octanol–water partition coefficient (Wildman–Crippen LogP) is 4.30. The summed E-state index contributed by atoms with van der Waals surface area (Å²) in [4.78, 5) is 13.1. The number of carbonyl (C=O) groups is 1. The Labute approximate surface area is 172 Å². The van der Waals surface area contributed by atoms with Crippen molar-refractivity contribution in [1.82, 2.24) is 19.8 Å². The van der Waals surface area contributed by atoms with Gasteiger partial charge in [0.15, 0.2) is 6.61 Å². The average molecular weight is 407 g/mol. The van der Waals surface area contributed by atoms with Crippen LogP contribution in [0.5, 0.6) is 5.75 Å². The van der Waals surface area contributed by atoms with Crippen LogP contribution in [0, 0.1) is 6.92 Å². The van der Waals surface area contributed by atoms with E-state index in [9.17, 15) is 4.79 Å². The minimum atomic E-state index is -0.201. The van der Waals surface area contributed by atoms with E-state index in [0.717, 1.165) is 32.4 Å². The van der Waals surface area contributed by atoms with E-state index >= 15 is 0 Å². The molecule has 0 aliphatic heterocycles. The summed E-state index contributed by atoms with van der Waals surface area (Å²) in [5.41, 5.74) is 3.86. The van der Waals surface area contributed by atoms with Gasteiger partial charge in [0.25, 0.3) is 5.91 Å². The van der Waals surface area contributed by atoms with E-state index in [2.05, 4.69) is 46.6 Å². The molecule has 0 spiro atoms. The van der Waals surface area contributed by atoms with Crippen molar-refractivity contribution in [2.75, 3.05) is 11.9 Å². The first-order valence-electron chi connectivity index (χ1n) is 9.30. The van der Waals surface area contributed by atoms with Crippen LogP contribution in [0.15, 0.2) is 48.8 Å². The molecule has 4 aromatic rings. The highest BCUT2D eigenvalue weighted by molar-refractivity contribution is 7.19. The summed E-state index contributed by atoms with van der Waals surface area (Å²) < 4.78 is 7.44. The number of anilines is 1. The van der Waals surface area contributed by atoms with Gasteiger partial charge in [0.1, 0.15) is 17.1 Å². The van der Waals surface area contributed by atoms with Gasteiger partial charge in [-0.2, -0.15) is 9.61 Å². The third kappa shape index (κ3) is 4.27. The van der Waals surface area contributed by atoms with Gasteiger partial charge in [-0.25, -0.2) is 0 Å². The van der Waals surface area contributed by atoms with E-state index in [-0.39, 0.29) is 12.5 Å². The number of nitrogens with one attached hydrogen (secondary N) is 1. The minimum Gasteiger partial charge on any atom is -0.483 e. The minimum absolute atomic E-state index is 0.0401.